The second-order valence-corrected chi connectivity index (χ2v) is 6.56. The normalized spacial score (nSPS) is 10.8. The lowest BCUT2D eigenvalue weighted by atomic mass is 10.1. The molecular weight excluding hydrogens is 274 g/mol. The molecule has 4 nitrogen and oxygen atoms in total. The SMILES string of the molecule is C=CCN.CCCCCCCCCCCCS(=O)(=O)O. The average Bonchev–Trinajstić information content (AvgIpc) is 2.40. The Morgan fingerprint density at radius 1 is 0.950 bits per heavy atom. The Labute approximate surface area is 125 Å². The molecule has 0 aromatic carbocycles. The molecule has 0 atom stereocenters. The molecule has 3 N–H and O–H groups in total. The molecule has 20 heavy (non-hydrogen) atoms. The summed E-state index contributed by atoms with van der Waals surface area (Å²) in [5, 5.41) is 0. The quantitative estimate of drug-likeness (QED) is 0.325. The Kier molecular flexibility index (Phi) is 18.2. The second kappa shape index (κ2) is 16.7. The largest absolute Gasteiger partial charge is 0.327 e. The molecule has 0 aromatic heterocycles. The van der Waals surface area contributed by atoms with Gasteiger partial charge in [-0.3, -0.25) is 4.55 Å². The number of nitrogens with two attached hydrogens (primary N) is 1. The van der Waals surface area contributed by atoms with Crippen molar-refractivity contribution in [2.45, 2.75) is 71.1 Å². The van der Waals surface area contributed by atoms with Crippen LogP contribution in [-0.2, 0) is 10.1 Å². The third kappa shape index (κ3) is 26.2. The van der Waals surface area contributed by atoms with Crippen molar-refractivity contribution < 1.29 is 13.0 Å². The van der Waals surface area contributed by atoms with Crippen LogP contribution < -0.4 is 5.73 Å². The average molecular weight is 307 g/mol. The predicted molar refractivity (Wildman–Crippen MR) is 87.5 cm³/mol. The zero-order chi connectivity index (χ0) is 15.7. The maximum atomic E-state index is 10.4. The molecule has 5 heteroatoms. The van der Waals surface area contributed by atoms with Crippen LogP contribution in [0.1, 0.15) is 71.1 Å². The topological polar surface area (TPSA) is 80.4 Å². The van der Waals surface area contributed by atoms with Crippen molar-refractivity contribution in [1.29, 1.82) is 0 Å². The van der Waals surface area contributed by atoms with E-state index in [0.717, 1.165) is 12.8 Å². The zero-order valence-electron chi connectivity index (χ0n) is 13.0. The van der Waals surface area contributed by atoms with E-state index in [1.54, 1.807) is 6.08 Å². The van der Waals surface area contributed by atoms with E-state index >= 15 is 0 Å². The van der Waals surface area contributed by atoms with Gasteiger partial charge in [-0.05, 0) is 6.42 Å². The summed E-state index contributed by atoms with van der Waals surface area (Å²) in [6.45, 7) is 6.15. The van der Waals surface area contributed by atoms with Gasteiger partial charge in [-0.2, -0.15) is 8.42 Å². The molecule has 0 fully saturated rings. The summed E-state index contributed by atoms with van der Waals surface area (Å²) in [6.07, 6.45) is 13.3. The van der Waals surface area contributed by atoms with E-state index in [1.165, 1.54) is 44.9 Å². The molecule has 0 saturated heterocycles. The third-order valence-corrected chi connectivity index (χ3v) is 3.73. The number of hydrogen-bond donors (Lipinski definition) is 2. The van der Waals surface area contributed by atoms with Gasteiger partial charge in [0.1, 0.15) is 0 Å². The van der Waals surface area contributed by atoms with Crippen LogP contribution in [0.15, 0.2) is 12.7 Å². The summed E-state index contributed by atoms with van der Waals surface area (Å²) in [7, 11) is -3.73. The second-order valence-electron chi connectivity index (χ2n) is 4.99. The van der Waals surface area contributed by atoms with Gasteiger partial charge in [0.25, 0.3) is 10.1 Å². The highest BCUT2D eigenvalue weighted by Gasteiger charge is 2.02. The molecular formula is C15H33NO3S. The number of unbranched alkanes of at least 4 members (excludes halogenated alkanes) is 9. The first kappa shape index (κ1) is 21.9. The molecule has 0 aliphatic carbocycles. The van der Waals surface area contributed by atoms with Crippen molar-refractivity contribution in [2.75, 3.05) is 12.3 Å². The van der Waals surface area contributed by atoms with Crippen LogP contribution >= 0.6 is 0 Å². The fourth-order valence-electron chi connectivity index (χ4n) is 1.77. The van der Waals surface area contributed by atoms with Crippen molar-refractivity contribution in [1.82, 2.24) is 0 Å². The van der Waals surface area contributed by atoms with Gasteiger partial charge in [0.2, 0.25) is 0 Å². The lowest BCUT2D eigenvalue weighted by Crippen LogP contribution is -2.03. The zero-order valence-corrected chi connectivity index (χ0v) is 13.8. The molecule has 0 spiro atoms. The highest BCUT2D eigenvalue weighted by atomic mass is 32.2. The van der Waals surface area contributed by atoms with Crippen LogP contribution in [0, 0.1) is 0 Å². The lowest BCUT2D eigenvalue weighted by Gasteiger charge is -2.01. The van der Waals surface area contributed by atoms with E-state index in [9.17, 15) is 8.42 Å². The third-order valence-electron chi connectivity index (χ3n) is 2.92. The van der Waals surface area contributed by atoms with Gasteiger partial charge in [-0.1, -0.05) is 70.8 Å². The van der Waals surface area contributed by atoms with Gasteiger partial charge in [0.05, 0.1) is 5.75 Å². The molecule has 0 unspecified atom stereocenters. The van der Waals surface area contributed by atoms with Gasteiger partial charge in [-0.25, -0.2) is 0 Å². The predicted octanol–water partition coefficient (Wildman–Crippen LogP) is 3.93. The van der Waals surface area contributed by atoms with Crippen molar-refractivity contribution in [3.05, 3.63) is 12.7 Å². The Bertz CT molecular complexity index is 289. The van der Waals surface area contributed by atoms with Crippen LogP contribution in [0.2, 0.25) is 0 Å². The van der Waals surface area contributed by atoms with Crippen LogP contribution in [0.3, 0.4) is 0 Å². The lowest BCUT2D eigenvalue weighted by molar-refractivity contribution is 0.478. The maximum Gasteiger partial charge on any atom is 0.264 e. The van der Waals surface area contributed by atoms with E-state index in [0.29, 0.717) is 13.0 Å². The van der Waals surface area contributed by atoms with Gasteiger partial charge in [0.15, 0.2) is 0 Å². The van der Waals surface area contributed by atoms with Crippen LogP contribution in [0.5, 0.6) is 0 Å². The van der Waals surface area contributed by atoms with E-state index in [4.69, 9.17) is 10.3 Å². The van der Waals surface area contributed by atoms with Crippen molar-refractivity contribution in [3.63, 3.8) is 0 Å². The summed E-state index contributed by atoms with van der Waals surface area (Å²) in [6, 6.07) is 0. The monoisotopic (exact) mass is 307 g/mol. The fourth-order valence-corrected chi connectivity index (χ4v) is 2.34. The minimum Gasteiger partial charge on any atom is -0.327 e. The molecule has 122 valence electrons. The molecule has 0 rings (SSSR count). The Balaban J connectivity index is 0. The molecule has 0 aromatic rings. The van der Waals surface area contributed by atoms with Crippen molar-refractivity contribution >= 4 is 10.1 Å². The van der Waals surface area contributed by atoms with Crippen LogP contribution in [0.4, 0.5) is 0 Å². The van der Waals surface area contributed by atoms with E-state index in [-0.39, 0.29) is 5.75 Å². The smallest absolute Gasteiger partial charge is 0.264 e. The van der Waals surface area contributed by atoms with Gasteiger partial charge >= 0.3 is 0 Å². The molecule has 0 aliphatic rings. The Hall–Kier alpha value is -0.390. The first-order chi connectivity index (χ1) is 9.47. The Morgan fingerprint density at radius 3 is 1.60 bits per heavy atom. The van der Waals surface area contributed by atoms with Crippen LogP contribution in [-0.4, -0.2) is 25.3 Å². The first-order valence-corrected chi connectivity index (χ1v) is 9.35. The van der Waals surface area contributed by atoms with E-state index in [1.807, 2.05) is 0 Å². The standard InChI is InChI=1S/C12H26O3S.C3H7N/c1-2-3-4-5-6-7-8-9-10-11-12-16(13,14)15;1-2-3-4/h2-12H2,1H3,(H,13,14,15);2H,1,3-4H2. The number of hydrogen-bond acceptors (Lipinski definition) is 3. The molecule has 0 saturated carbocycles. The molecule has 0 amide bonds. The summed E-state index contributed by atoms with van der Waals surface area (Å²) in [4.78, 5) is 0. The molecule has 0 aliphatic heterocycles. The van der Waals surface area contributed by atoms with Crippen LogP contribution in [0.25, 0.3) is 0 Å². The maximum absolute atomic E-state index is 10.4. The van der Waals surface area contributed by atoms with Gasteiger partial charge < -0.3 is 5.73 Å². The van der Waals surface area contributed by atoms with Crippen molar-refractivity contribution in [2.24, 2.45) is 5.73 Å². The molecule has 0 bridgehead atoms. The summed E-state index contributed by atoms with van der Waals surface area (Å²) in [5.41, 5.74) is 4.91. The van der Waals surface area contributed by atoms with Gasteiger partial charge in [-0.15, -0.1) is 6.58 Å². The summed E-state index contributed by atoms with van der Waals surface area (Å²) in [5.74, 6) is -0.0799. The van der Waals surface area contributed by atoms with Crippen molar-refractivity contribution in [3.8, 4) is 0 Å². The highest BCUT2D eigenvalue weighted by Crippen LogP contribution is 2.10. The van der Waals surface area contributed by atoms with E-state index in [2.05, 4.69) is 13.5 Å². The molecule has 0 radical (unpaired) electrons. The fraction of sp³-hybridized carbons (Fsp3) is 0.867. The Morgan fingerprint density at radius 2 is 1.30 bits per heavy atom. The highest BCUT2D eigenvalue weighted by molar-refractivity contribution is 7.85. The number of rotatable bonds is 12. The molecule has 0 heterocycles. The van der Waals surface area contributed by atoms with E-state index < -0.39 is 10.1 Å². The van der Waals surface area contributed by atoms with Gasteiger partial charge in [0, 0.05) is 6.54 Å². The summed E-state index contributed by atoms with van der Waals surface area (Å²) < 4.78 is 29.4. The first-order valence-electron chi connectivity index (χ1n) is 7.74. The minimum absolute atomic E-state index is 0.0799. The summed E-state index contributed by atoms with van der Waals surface area (Å²) >= 11 is 0. The minimum atomic E-state index is -3.73.